The molecule has 0 aliphatic carbocycles. The average molecular weight is 349 g/mol. The highest BCUT2D eigenvalue weighted by atomic mass is 14.8. The van der Waals surface area contributed by atoms with Gasteiger partial charge in [-0.25, -0.2) is 0 Å². The summed E-state index contributed by atoms with van der Waals surface area (Å²) in [6, 6.07) is 12.9. The first-order chi connectivity index (χ1) is 12.5. The summed E-state index contributed by atoms with van der Waals surface area (Å²) in [6.45, 7) is 10.7. The van der Waals surface area contributed by atoms with Crippen molar-refractivity contribution in [1.82, 2.24) is 0 Å². The number of unbranched alkanes of at least 4 members (excludes halogenated alkanes) is 3. The second-order valence-corrected chi connectivity index (χ2v) is 7.36. The van der Waals surface area contributed by atoms with Crippen molar-refractivity contribution >= 4 is 23.3 Å². The molecule has 0 bridgehead atoms. The molecule has 2 aromatic carbocycles. The van der Waals surface area contributed by atoms with Crippen LogP contribution >= 0.6 is 0 Å². The first-order valence-corrected chi connectivity index (χ1v) is 9.74. The number of hydrogen-bond acceptors (Lipinski definition) is 2. The van der Waals surface area contributed by atoms with E-state index in [0.717, 1.165) is 29.9 Å². The van der Waals surface area contributed by atoms with Crippen molar-refractivity contribution in [3.05, 3.63) is 58.7 Å². The first kappa shape index (κ1) is 20.1. The van der Waals surface area contributed by atoms with Gasteiger partial charge < -0.3 is 0 Å². The molecule has 2 heteroatoms. The zero-order chi connectivity index (χ0) is 18.9. The molecule has 2 aromatic rings. The highest BCUT2D eigenvalue weighted by Gasteiger charge is 2.01. The Balaban J connectivity index is 2.24. The van der Waals surface area contributed by atoms with E-state index in [0.29, 0.717) is 0 Å². The van der Waals surface area contributed by atoms with Gasteiger partial charge in [0, 0.05) is 6.21 Å². The van der Waals surface area contributed by atoms with Crippen LogP contribution in [0.15, 0.2) is 46.4 Å². The van der Waals surface area contributed by atoms with Crippen LogP contribution in [0.1, 0.15) is 61.3 Å². The molecule has 0 fully saturated rings. The Labute approximate surface area is 159 Å². The summed E-state index contributed by atoms with van der Waals surface area (Å²) in [5.74, 6) is 0. The number of nitrogens with zero attached hydrogens (tertiary/aromatic N) is 2. The van der Waals surface area contributed by atoms with E-state index < -0.39 is 0 Å². The van der Waals surface area contributed by atoms with Crippen molar-refractivity contribution < 1.29 is 0 Å². The molecule has 0 atom stereocenters. The van der Waals surface area contributed by atoms with Crippen LogP contribution in [0.5, 0.6) is 0 Å². The quantitative estimate of drug-likeness (QED) is 0.351. The smallest absolute Gasteiger partial charge is 0.0638 e. The number of rotatable bonds is 8. The van der Waals surface area contributed by atoms with Gasteiger partial charge in [-0.15, -0.1) is 0 Å². The van der Waals surface area contributed by atoms with Crippen LogP contribution in [0.4, 0.5) is 11.4 Å². The van der Waals surface area contributed by atoms with E-state index in [4.69, 9.17) is 9.98 Å². The summed E-state index contributed by atoms with van der Waals surface area (Å²) in [5.41, 5.74) is 8.08. The lowest BCUT2D eigenvalue weighted by molar-refractivity contribution is 0.684. The van der Waals surface area contributed by atoms with E-state index in [1.165, 1.54) is 41.5 Å². The number of aliphatic imine (C=N–C) groups is 2. The highest BCUT2D eigenvalue weighted by molar-refractivity contribution is 6.31. The molecule has 0 saturated carbocycles. The maximum absolute atomic E-state index is 4.91. The summed E-state index contributed by atoms with van der Waals surface area (Å²) in [4.78, 5) is 9.62. The van der Waals surface area contributed by atoms with Crippen molar-refractivity contribution in [2.75, 3.05) is 0 Å². The van der Waals surface area contributed by atoms with Crippen molar-refractivity contribution in [3.8, 4) is 0 Å². The molecular formula is C24H32N2. The maximum atomic E-state index is 4.91. The lowest BCUT2D eigenvalue weighted by Crippen LogP contribution is -2.00. The summed E-state index contributed by atoms with van der Waals surface area (Å²) in [7, 11) is 0. The summed E-state index contributed by atoms with van der Waals surface area (Å²) in [5, 5.41) is 0. The topological polar surface area (TPSA) is 24.7 Å². The standard InChI is InChI=1S/C24H32N2/c1-6-7-8-9-10-22(26-24-15-20(4)12-21(5)16-24)17-25-23-13-18(2)11-19(3)14-23/h11-17H,6-10H2,1-5H3. The SMILES string of the molecule is CCCCCCC(C=Nc1cc(C)cc(C)c1)=Nc1cc(C)cc(C)c1. The fourth-order valence-electron chi connectivity index (χ4n) is 3.24. The van der Waals surface area contributed by atoms with Gasteiger partial charge in [0.25, 0.3) is 0 Å². The molecule has 0 aliphatic rings. The van der Waals surface area contributed by atoms with Crippen LogP contribution in [0, 0.1) is 27.7 Å². The van der Waals surface area contributed by atoms with Crippen molar-refractivity contribution in [3.63, 3.8) is 0 Å². The summed E-state index contributed by atoms with van der Waals surface area (Å²) >= 11 is 0. The van der Waals surface area contributed by atoms with E-state index in [-0.39, 0.29) is 0 Å². The van der Waals surface area contributed by atoms with Crippen molar-refractivity contribution in [1.29, 1.82) is 0 Å². The molecule has 0 amide bonds. The molecule has 0 heterocycles. The van der Waals surface area contributed by atoms with E-state index in [1.54, 1.807) is 0 Å². The monoisotopic (exact) mass is 348 g/mol. The van der Waals surface area contributed by atoms with Gasteiger partial charge in [-0.2, -0.15) is 0 Å². The minimum Gasteiger partial charge on any atom is -0.255 e. The predicted molar refractivity (Wildman–Crippen MR) is 116 cm³/mol. The molecule has 0 aromatic heterocycles. The van der Waals surface area contributed by atoms with E-state index in [9.17, 15) is 0 Å². The van der Waals surface area contributed by atoms with Gasteiger partial charge >= 0.3 is 0 Å². The molecule has 0 saturated heterocycles. The average Bonchev–Trinajstić information content (AvgIpc) is 2.54. The third-order valence-electron chi connectivity index (χ3n) is 4.33. The largest absolute Gasteiger partial charge is 0.255 e. The minimum atomic E-state index is 0.973. The van der Waals surface area contributed by atoms with Crippen LogP contribution in [-0.4, -0.2) is 11.9 Å². The zero-order valence-corrected chi connectivity index (χ0v) is 17.0. The zero-order valence-electron chi connectivity index (χ0n) is 17.0. The van der Waals surface area contributed by atoms with Gasteiger partial charge in [0.05, 0.1) is 17.1 Å². The highest BCUT2D eigenvalue weighted by Crippen LogP contribution is 2.20. The van der Waals surface area contributed by atoms with Crippen LogP contribution < -0.4 is 0 Å². The molecule has 2 nitrogen and oxygen atoms in total. The van der Waals surface area contributed by atoms with E-state index in [1.807, 2.05) is 6.21 Å². The third-order valence-corrected chi connectivity index (χ3v) is 4.33. The third kappa shape index (κ3) is 6.95. The molecular weight excluding hydrogens is 316 g/mol. The Bertz CT molecular complexity index is 744. The van der Waals surface area contributed by atoms with Crippen molar-refractivity contribution in [2.45, 2.75) is 66.7 Å². The van der Waals surface area contributed by atoms with Gasteiger partial charge in [0.15, 0.2) is 0 Å². The Kier molecular flexibility index (Phi) is 7.77. The fraction of sp³-hybridized carbons (Fsp3) is 0.417. The Hall–Kier alpha value is -2.22. The number of benzene rings is 2. The number of hydrogen-bond donors (Lipinski definition) is 0. The second kappa shape index (κ2) is 10.1. The Morgan fingerprint density at radius 2 is 1.27 bits per heavy atom. The Morgan fingerprint density at radius 1 is 0.731 bits per heavy atom. The lowest BCUT2D eigenvalue weighted by atomic mass is 10.1. The van der Waals surface area contributed by atoms with Gasteiger partial charge in [0.1, 0.15) is 0 Å². The molecule has 0 N–H and O–H groups in total. The van der Waals surface area contributed by atoms with E-state index >= 15 is 0 Å². The number of aryl methyl sites for hydroxylation is 4. The molecule has 0 unspecified atom stereocenters. The second-order valence-electron chi connectivity index (χ2n) is 7.36. The molecule has 138 valence electrons. The summed E-state index contributed by atoms with van der Waals surface area (Å²) < 4.78 is 0. The molecule has 0 spiro atoms. The summed E-state index contributed by atoms with van der Waals surface area (Å²) in [6.07, 6.45) is 7.88. The minimum absolute atomic E-state index is 0.973. The van der Waals surface area contributed by atoms with Crippen LogP contribution in [0.25, 0.3) is 0 Å². The predicted octanol–water partition coefficient (Wildman–Crippen LogP) is 7.37. The maximum Gasteiger partial charge on any atom is 0.0638 e. The van der Waals surface area contributed by atoms with Gasteiger partial charge in [0.2, 0.25) is 0 Å². The van der Waals surface area contributed by atoms with Crippen LogP contribution in [0.3, 0.4) is 0 Å². The molecule has 0 aliphatic heterocycles. The molecule has 2 rings (SSSR count). The van der Waals surface area contributed by atoms with Crippen LogP contribution in [-0.2, 0) is 0 Å². The molecule has 26 heavy (non-hydrogen) atoms. The molecule has 0 radical (unpaired) electrons. The van der Waals surface area contributed by atoms with Crippen LogP contribution in [0.2, 0.25) is 0 Å². The van der Waals surface area contributed by atoms with Gasteiger partial charge in [-0.3, -0.25) is 9.98 Å². The van der Waals surface area contributed by atoms with Gasteiger partial charge in [-0.1, -0.05) is 38.3 Å². The normalized spacial score (nSPS) is 12.1. The lowest BCUT2D eigenvalue weighted by Gasteiger charge is -2.05. The Morgan fingerprint density at radius 3 is 1.81 bits per heavy atom. The van der Waals surface area contributed by atoms with Crippen molar-refractivity contribution in [2.24, 2.45) is 9.98 Å². The van der Waals surface area contributed by atoms with Gasteiger partial charge in [-0.05, 0) is 87.1 Å². The first-order valence-electron chi connectivity index (χ1n) is 9.74. The fourth-order valence-corrected chi connectivity index (χ4v) is 3.24. The van der Waals surface area contributed by atoms with E-state index in [2.05, 4.69) is 71.0 Å².